The molecular weight excluding hydrogens is 218 g/mol. The molecule has 0 fully saturated rings. The number of aryl methyl sites for hydroxylation is 1. The van der Waals surface area contributed by atoms with E-state index in [-0.39, 0.29) is 11.5 Å². The lowest BCUT2D eigenvalue weighted by atomic mass is 9.94. The molecule has 0 saturated heterocycles. The molecule has 1 aromatic carbocycles. The van der Waals surface area contributed by atoms with E-state index in [1.807, 2.05) is 6.92 Å². The molecule has 2 rings (SSSR count). The topological polar surface area (TPSA) is 66.4 Å². The molecule has 0 aliphatic carbocycles. The van der Waals surface area contributed by atoms with Crippen molar-refractivity contribution < 1.29 is 14.7 Å². The van der Waals surface area contributed by atoms with Gasteiger partial charge in [-0.25, -0.2) is 4.79 Å². The van der Waals surface area contributed by atoms with Gasteiger partial charge in [0, 0.05) is 12.6 Å². The minimum Gasteiger partial charge on any atom is -0.478 e. The lowest BCUT2D eigenvalue weighted by Gasteiger charge is -2.16. The van der Waals surface area contributed by atoms with Crippen molar-refractivity contribution in [3.05, 3.63) is 41.0 Å². The Balaban J connectivity index is 2.47. The van der Waals surface area contributed by atoms with Crippen molar-refractivity contribution in [1.29, 1.82) is 0 Å². The lowest BCUT2D eigenvalue weighted by molar-refractivity contribution is -0.116. The van der Waals surface area contributed by atoms with E-state index in [0.29, 0.717) is 6.54 Å². The number of carboxylic acids is 1. The van der Waals surface area contributed by atoms with E-state index in [1.165, 1.54) is 6.08 Å². The third kappa shape index (κ3) is 2.36. The molecule has 1 amide bonds. The number of carboxylic acid groups (broad SMARTS) is 1. The Morgan fingerprint density at radius 1 is 1.41 bits per heavy atom. The van der Waals surface area contributed by atoms with Gasteiger partial charge in [0.25, 0.3) is 0 Å². The van der Waals surface area contributed by atoms with Crippen LogP contribution in [-0.2, 0) is 4.79 Å². The van der Waals surface area contributed by atoms with E-state index in [1.54, 1.807) is 18.2 Å². The van der Waals surface area contributed by atoms with Crippen LogP contribution >= 0.6 is 0 Å². The molecule has 4 nitrogen and oxygen atoms in total. The third-order valence-corrected chi connectivity index (χ3v) is 2.83. The van der Waals surface area contributed by atoms with Crippen molar-refractivity contribution in [2.45, 2.75) is 13.3 Å². The molecular formula is C13H13NO3. The quantitative estimate of drug-likeness (QED) is 0.812. The molecule has 0 radical (unpaired) electrons. The number of hydrogen-bond donors (Lipinski definition) is 2. The first-order valence-electron chi connectivity index (χ1n) is 5.40. The van der Waals surface area contributed by atoms with Crippen LogP contribution in [0.5, 0.6) is 0 Å². The molecule has 1 aliphatic heterocycles. The highest BCUT2D eigenvalue weighted by Gasteiger charge is 2.14. The van der Waals surface area contributed by atoms with Gasteiger partial charge in [-0.2, -0.15) is 0 Å². The van der Waals surface area contributed by atoms with Crippen LogP contribution in [0.2, 0.25) is 0 Å². The zero-order valence-corrected chi connectivity index (χ0v) is 9.49. The number of nitrogens with one attached hydrogen (secondary N) is 1. The Morgan fingerprint density at radius 2 is 2.18 bits per heavy atom. The normalized spacial score (nSPS) is 15.1. The molecule has 1 aliphatic rings. The van der Waals surface area contributed by atoms with E-state index in [4.69, 9.17) is 5.11 Å². The van der Waals surface area contributed by atoms with Crippen LogP contribution in [0.4, 0.5) is 0 Å². The minimum absolute atomic E-state index is 0.119. The Bertz CT molecular complexity index is 517. The van der Waals surface area contributed by atoms with Gasteiger partial charge in [-0.1, -0.05) is 6.07 Å². The second-order valence-electron chi connectivity index (χ2n) is 4.05. The van der Waals surface area contributed by atoms with Crippen molar-refractivity contribution in [3.8, 4) is 0 Å². The summed E-state index contributed by atoms with van der Waals surface area (Å²) in [5, 5.41) is 11.7. The molecule has 0 unspecified atom stereocenters. The van der Waals surface area contributed by atoms with E-state index < -0.39 is 5.97 Å². The van der Waals surface area contributed by atoms with E-state index in [0.717, 1.165) is 23.1 Å². The number of carbonyl (C=O) groups excluding carboxylic acids is 1. The summed E-state index contributed by atoms with van der Waals surface area (Å²) in [6.45, 7) is 2.51. The number of aromatic carboxylic acids is 1. The molecule has 0 saturated carbocycles. The van der Waals surface area contributed by atoms with Gasteiger partial charge in [0.15, 0.2) is 0 Å². The van der Waals surface area contributed by atoms with Crippen LogP contribution in [0, 0.1) is 6.92 Å². The van der Waals surface area contributed by atoms with Gasteiger partial charge in [0.05, 0.1) is 5.56 Å². The molecule has 0 bridgehead atoms. The summed E-state index contributed by atoms with van der Waals surface area (Å²) in [6.07, 6.45) is 2.27. The van der Waals surface area contributed by atoms with Gasteiger partial charge >= 0.3 is 5.97 Å². The molecule has 4 heteroatoms. The van der Waals surface area contributed by atoms with Gasteiger partial charge in [0.1, 0.15) is 0 Å². The van der Waals surface area contributed by atoms with Gasteiger partial charge in [0.2, 0.25) is 5.91 Å². The molecule has 17 heavy (non-hydrogen) atoms. The van der Waals surface area contributed by atoms with Gasteiger partial charge in [-0.3, -0.25) is 4.79 Å². The van der Waals surface area contributed by atoms with E-state index in [9.17, 15) is 9.59 Å². The monoisotopic (exact) mass is 231 g/mol. The summed E-state index contributed by atoms with van der Waals surface area (Å²) >= 11 is 0. The zero-order valence-electron chi connectivity index (χ0n) is 9.49. The average Bonchev–Trinajstić information content (AvgIpc) is 2.29. The van der Waals surface area contributed by atoms with Gasteiger partial charge < -0.3 is 10.4 Å². The largest absolute Gasteiger partial charge is 0.478 e. The first kappa shape index (κ1) is 11.4. The molecule has 0 spiro atoms. The van der Waals surface area contributed by atoms with E-state index in [2.05, 4.69) is 5.32 Å². The number of rotatable bonds is 2. The highest BCUT2D eigenvalue weighted by molar-refractivity contribution is 5.98. The summed E-state index contributed by atoms with van der Waals surface area (Å²) in [4.78, 5) is 22.2. The first-order chi connectivity index (χ1) is 8.08. The molecule has 0 aromatic heterocycles. The van der Waals surface area contributed by atoms with Crippen LogP contribution in [0.15, 0.2) is 24.3 Å². The summed E-state index contributed by atoms with van der Waals surface area (Å²) in [6, 6.07) is 4.97. The van der Waals surface area contributed by atoms with Crippen molar-refractivity contribution in [3.63, 3.8) is 0 Å². The molecule has 88 valence electrons. The number of benzene rings is 1. The second kappa shape index (κ2) is 4.41. The maximum absolute atomic E-state index is 11.3. The molecule has 1 heterocycles. The van der Waals surface area contributed by atoms with Crippen LogP contribution in [0.3, 0.4) is 0 Å². The molecule has 2 N–H and O–H groups in total. The Labute approximate surface area is 99.0 Å². The summed E-state index contributed by atoms with van der Waals surface area (Å²) in [5.41, 5.74) is 2.97. The minimum atomic E-state index is -0.952. The third-order valence-electron chi connectivity index (χ3n) is 2.83. The highest BCUT2D eigenvalue weighted by atomic mass is 16.4. The average molecular weight is 231 g/mol. The molecule has 1 aromatic rings. The number of amides is 1. The fourth-order valence-corrected chi connectivity index (χ4v) is 1.92. The second-order valence-corrected chi connectivity index (χ2v) is 4.05. The predicted octanol–water partition coefficient (Wildman–Crippen LogP) is 1.60. The van der Waals surface area contributed by atoms with Crippen molar-refractivity contribution in [2.75, 3.05) is 6.54 Å². The summed E-state index contributed by atoms with van der Waals surface area (Å²) < 4.78 is 0. The van der Waals surface area contributed by atoms with Crippen LogP contribution < -0.4 is 5.32 Å². The SMILES string of the molecule is Cc1ccc(C(=O)O)cc1C1=CC(=O)NCC1. The maximum atomic E-state index is 11.3. The zero-order chi connectivity index (χ0) is 12.4. The number of carbonyl (C=O) groups is 2. The predicted molar refractivity (Wildman–Crippen MR) is 63.7 cm³/mol. The Kier molecular flexibility index (Phi) is 2.95. The van der Waals surface area contributed by atoms with Crippen LogP contribution in [0.1, 0.15) is 27.9 Å². The van der Waals surface area contributed by atoms with Crippen LogP contribution in [0.25, 0.3) is 5.57 Å². The van der Waals surface area contributed by atoms with Crippen molar-refractivity contribution in [2.24, 2.45) is 0 Å². The highest BCUT2D eigenvalue weighted by Crippen LogP contribution is 2.24. The number of hydrogen-bond acceptors (Lipinski definition) is 2. The first-order valence-corrected chi connectivity index (χ1v) is 5.40. The van der Waals surface area contributed by atoms with Gasteiger partial charge in [-0.05, 0) is 42.2 Å². The fraction of sp³-hybridized carbons (Fsp3) is 0.231. The molecule has 0 atom stereocenters. The summed E-state index contributed by atoms with van der Waals surface area (Å²) in [7, 11) is 0. The van der Waals surface area contributed by atoms with E-state index >= 15 is 0 Å². The maximum Gasteiger partial charge on any atom is 0.335 e. The summed E-state index contributed by atoms with van der Waals surface area (Å²) in [5.74, 6) is -1.07. The smallest absolute Gasteiger partial charge is 0.335 e. The Hall–Kier alpha value is -2.10. The van der Waals surface area contributed by atoms with Crippen molar-refractivity contribution in [1.82, 2.24) is 5.32 Å². The van der Waals surface area contributed by atoms with Crippen molar-refractivity contribution >= 4 is 17.4 Å². The van der Waals surface area contributed by atoms with Gasteiger partial charge in [-0.15, -0.1) is 0 Å². The standard InChI is InChI=1S/C13H13NO3/c1-8-2-3-10(13(16)17)6-11(8)9-4-5-14-12(15)7-9/h2-3,6-7H,4-5H2,1H3,(H,14,15)(H,16,17). The fourth-order valence-electron chi connectivity index (χ4n) is 1.92. The Morgan fingerprint density at radius 3 is 2.82 bits per heavy atom. The van der Waals surface area contributed by atoms with Crippen LogP contribution in [-0.4, -0.2) is 23.5 Å². The lowest BCUT2D eigenvalue weighted by Crippen LogP contribution is -2.26.